The van der Waals surface area contributed by atoms with E-state index in [9.17, 15) is 33.0 Å². The molecular formula is C25H19F3N2O4S2. The first-order chi connectivity index (χ1) is 16.9. The molecule has 0 spiro atoms. The summed E-state index contributed by atoms with van der Waals surface area (Å²) in [6.45, 7) is 3.53. The van der Waals surface area contributed by atoms with E-state index in [0.29, 0.717) is 21.7 Å². The number of nitrogens with zero attached hydrogens (tertiary/aromatic N) is 2. The molecule has 0 radical (unpaired) electrons. The van der Waals surface area contributed by atoms with Crippen LogP contribution in [0.4, 0.5) is 13.2 Å². The van der Waals surface area contributed by atoms with Gasteiger partial charge in [-0.2, -0.15) is 13.2 Å². The van der Waals surface area contributed by atoms with Crippen LogP contribution in [0.5, 0.6) is 5.75 Å². The zero-order chi connectivity index (χ0) is 26.4. The Bertz CT molecular complexity index is 1440. The number of phenols is 1. The molecule has 6 nitrogen and oxygen atoms in total. The highest BCUT2D eigenvalue weighted by Crippen LogP contribution is 2.36. The Balaban J connectivity index is 1.63. The Labute approximate surface area is 213 Å². The molecule has 0 bridgehead atoms. The summed E-state index contributed by atoms with van der Waals surface area (Å²) in [5.74, 6) is -2.02. The molecule has 0 atom stereocenters. The highest BCUT2D eigenvalue weighted by molar-refractivity contribution is 8.26. The predicted molar refractivity (Wildman–Crippen MR) is 134 cm³/mol. The van der Waals surface area contributed by atoms with Crippen molar-refractivity contribution in [1.29, 1.82) is 0 Å². The van der Waals surface area contributed by atoms with Gasteiger partial charge in [0, 0.05) is 17.1 Å². The number of hydrogen-bond donors (Lipinski definition) is 2. The zero-order valence-corrected chi connectivity index (χ0v) is 20.6. The Hall–Kier alpha value is -3.57. The van der Waals surface area contributed by atoms with Crippen molar-refractivity contribution in [3.63, 3.8) is 0 Å². The standard InChI is InChI=1S/C25H19F3N2O4S2/c1-13-8-16(14(2)30(13)18-6-7-20(31)19(11-18)23(33)34)10-21-22(32)29(24(35)36-21)12-15-4-3-5-17(9-15)25(26,27)28/h3-11,31H,12H2,1-2H3,(H,33,34)/b21-10-. The van der Waals surface area contributed by atoms with E-state index in [1.54, 1.807) is 23.6 Å². The number of carboxylic acids is 1. The number of rotatable bonds is 5. The summed E-state index contributed by atoms with van der Waals surface area (Å²) in [5, 5.41) is 19.1. The Morgan fingerprint density at radius 3 is 2.53 bits per heavy atom. The number of aromatic nitrogens is 1. The highest BCUT2D eigenvalue weighted by Gasteiger charge is 2.34. The second kappa shape index (κ2) is 9.47. The summed E-state index contributed by atoms with van der Waals surface area (Å²) in [7, 11) is 0. The quantitative estimate of drug-likeness (QED) is 0.314. The van der Waals surface area contributed by atoms with Crippen molar-refractivity contribution in [2.24, 2.45) is 0 Å². The van der Waals surface area contributed by atoms with Crippen molar-refractivity contribution in [2.45, 2.75) is 26.6 Å². The minimum atomic E-state index is -4.49. The van der Waals surface area contributed by atoms with Crippen LogP contribution in [0.2, 0.25) is 0 Å². The summed E-state index contributed by atoms with van der Waals surface area (Å²) in [4.78, 5) is 26.1. The van der Waals surface area contributed by atoms with E-state index < -0.39 is 23.6 Å². The number of alkyl halides is 3. The molecule has 36 heavy (non-hydrogen) atoms. The van der Waals surface area contributed by atoms with Crippen molar-refractivity contribution in [3.8, 4) is 11.4 Å². The molecule has 1 amide bonds. The number of benzene rings is 2. The predicted octanol–water partition coefficient (Wildman–Crippen LogP) is 5.92. The largest absolute Gasteiger partial charge is 0.507 e. The van der Waals surface area contributed by atoms with Crippen molar-refractivity contribution < 1.29 is 33.0 Å². The summed E-state index contributed by atoms with van der Waals surface area (Å²) in [6.07, 6.45) is -2.83. The SMILES string of the molecule is Cc1cc(/C=C2\SC(=S)N(Cc3cccc(C(F)(F)F)c3)C2=O)c(C)n1-c1ccc(O)c(C(=O)O)c1. The highest BCUT2D eigenvalue weighted by atomic mass is 32.2. The molecule has 1 fully saturated rings. The molecular weight excluding hydrogens is 513 g/mol. The summed E-state index contributed by atoms with van der Waals surface area (Å²) >= 11 is 6.39. The molecule has 2 N–H and O–H groups in total. The van der Waals surface area contributed by atoms with Gasteiger partial charge in [-0.25, -0.2) is 4.79 Å². The van der Waals surface area contributed by atoms with Gasteiger partial charge in [0.25, 0.3) is 5.91 Å². The van der Waals surface area contributed by atoms with Crippen molar-refractivity contribution >= 4 is 46.3 Å². The molecule has 1 aliphatic heterocycles. The van der Waals surface area contributed by atoms with Gasteiger partial charge in [0.15, 0.2) is 0 Å². The molecule has 0 unspecified atom stereocenters. The second-order valence-electron chi connectivity index (χ2n) is 8.13. The molecule has 3 aromatic rings. The maximum absolute atomic E-state index is 13.1. The van der Waals surface area contributed by atoms with E-state index in [2.05, 4.69) is 0 Å². The van der Waals surface area contributed by atoms with Gasteiger partial charge in [-0.05, 0) is 67.4 Å². The van der Waals surface area contributed by atoms with E-state index in [1.807, 2.05) is 13.0 Å². The lowest BCUT2D eigenvalue weighted by molar-refractivity contribution is -0.137. The number of thiocarbonyl (C=S) groups is 1. The van der Waals surface area contributed by atoms with E-state index in [-0.39, 0.29) is 22.2 Å². The van der Waals surface area contributed by atoms with Crippen LogP contribution in [0.15, 0.2) is 53.4 Å². The number of carboxylic acid groups (broad SMARTS) is 1. The van der Waals surface area contributed by atoms with Crippen LogP contribution in [0.1, 0.15) is 38.4 Å². The van der Waals surface area contributed by atoms with E-state index in [1.165, 1.54) is 29.2 Å². The fourth-order valence-corrected chi connectivity index (χ4v) is 5.22. The number of hydrogen-bond acceptors (Lipinski definition) is 5. The third-order valence-corrected chi connectivity index (χ3v) is 7.07. The minimum Gasteiger partial charge on any atom is -0.507 e. The van der Waals surface area contributed by atoms with Crippen LogP contribution < -0.4 is 0 Å². The van der Waals surface area contributed by atoms with Crippen LogP contribution in [-0.4, -0.2) is 35.9 Å². The monoisotopic (exact) mass is 532 g/mol. The van der Waals surface area contributed by atoms with Crippen LogP contribution in [-0.2, 0) is 17.5 Å². The first-order valence-electron chi connectivity index (χ1n) is 10.5. The first kappa shape index (κ1) is 25.5. The Kier molecular flexibility index (Phi) is 6.72. The maximum Gasteiger partial charge on any atom is 0.416 e. The topological polar surface area (TPSA) is 82.8 Å². The summed E-state index contributed by atoms with van der Waals surface area (Å²) < 4.78 is 41.2. The van der Waals surface area contributed by atoms with Crippen molar-refractivity contribution in [1.82, 2.24) is 9.47 Å². The van der Waals surface area contributed by atoms with Gasteiger partial charge < -0.3 is 14.8 Å². The van der Waals surface area contributed by atoms with Gasteiger partial charge in [-0.15, -0.1) is 0 Å². The van der Waals surface area contributed by atoms with Gasteiger partial charge in [0.2, 0.25) is 0 Å². The molecule has 1 aliphatic rings. The van der Waals surface area contributed by atoms with E-state index >= 15 is 0 Å². The lowest BCUT2D eigenvalue weighted by Gasteiger charge is -2.15. The van der Waals surface area contributed by atoms with Gasteiger partial charge in [-0.3, -0.25) is 9.69 Å². The maximum atomic E-state index is 13.1. The number of aryl methyl sites for hydroxylation is 1. The number of carbonyl (C=O) groups is 2. The van der Waals surface area contributed by atoms with Gasteiger partial charge >= 0.3 is 12.1 Å². The third-order valence-electron chi connectivity index (χ3n) is 5.69. The third kappa shape index (κ3) is 4.89. The molecule has 1 saturated heterocycles. The number of aromatic carboxylic acids is 1. The number of carbonyl (C=O) groups excluding carboxylic acids is 1. The minimum absolute atomic E-state index is 0.0869. The molecule has 1 aromatic heterocycles. The molecule has 186 valence electrons. The summed E-state index contributed by atoms with van der Waals surface area (Å²) in [5.41, 5.74) is 1.97. The lowest BCUT2D eigenvalue weighted by atomic mass is 10.1. The average molecular weight is 533 g/mol. The van der Waals surface area contributed by atoms with E-state index in [4.69, 9.17) is 12.2 Å². The molecule has 0 saturated carbocycles. The van der Waals surface area contributed by atoms with Crippen LogP contribution in [0.3, 0.4) is 0 Å². The van der Waals surface area contributed by atoms with Gasteiger partial charge in [-0.1, -0.05) is 36.1 Å². The molecule has 2 heterocycles. The fourth-order valence-electron chi connectivity index (χ4n) is 3.97. The average Bonchev–Trinajstić information content (AvgIpc) is 3.23. The van der Waals surface area contributed by atoms with Crippen LogP contribution in [0, 0.1) is 13.8 Å². The number of halogens is 3. The molecule has 2 aromatic carbocycles. The van der Waals surface area contributed by atoms with Crippen molar-refractivity contribution in [3.05, 3.63) is 87.1 Å². The molecule has 11 heteroatoms. The first-order valence-corrected chi connectivity index (χ1v) is 11.8. The van der Waals surface area contributed by atoms with Crippen molar-refractivity contribution in [2.75, 3.05) is 0 Å². The lowest BCUT2D eigenvalue weighted by Crippen LogP contribution is -2.27. The smallest absolute Gasteiger partial charge is 0.416 e. The van der Waals surface area contributed by atoms with Crippen LogP contribution >= 0.6 is 24.0 Å². The fraction of sp³-hybridized carbons (Fsp3) is 0.160. The van der Waals surface area contributed by atoms with Gasteiger partial charge in [0.05, 0.1) is 17.0 Å². The number of thioether (sulfide) groups is 1. The number of amides is 1. The normalized spacial score (nSPS) is 15.2. The summed E-state index contributed by atoms with van der Waals surface area (Å²) in [6, 6.07) is 10.8. The Morgan fingerprint density at radius 1 is 1.14 bits per heavy atom. The molecule has 4 rings (SSSR count). The molecule has 0 aliphatic carbocycles. The van der Waals surface area contributed by atoms with E-state index in [0.717, 1.165) is 35.3 Å². The zero-order valence-electron chi connectivity index (χ0n) is 19.0. The number of aromatic hydroxyl groups is 1. The van der Waals surface area contributed by atoms with Gasteiger partial charge in [0.1, 0.15) is 15.6 Å². The second-order valence-corrected chi connectivity index (χ2v) is 9.81. The Morgan fingerprint density at radius 2 is 1.86 bits per heavy atom. The van der Waals surface area contributed by atoms with Crippen LogP contribution in [0.25, 0.3) is 11.8 Å².